The first-order chi connectivity index (χ1) is 3.97. The first-order valence-corrected chi connectivity index (χ1v) is 3.09. The zero-order valence-corrected chi connectivity index (χ0v) is 4.72. The van der Waals surface area contributed by atoms with Crippen LogP contribution in [0.15, 0.2) is 0 Å². The van der Waals surface area contributed by atoms with Crippen molar-refractivity contribution in [3.63, 3.8) is 0 Å². The molecule has 0 aromatic rings. The standard InChI is InChI=1S/C6H9O2/c1-3-7-6-5(1)2-4-8-6/h5H,1-4H2. The van der Waals surface area contributed by atoms with Gasteiger partial charge in [-0.3, -0.25) is 0 Å². The number of fused-ring (bicyclic) bond motifs is 1. The van der Waals surface area contributed by atoms with Gasteiger partial charge in [0, 0.05) is 5.92 Å². The maximum atomic E-state index is 5.17. The third-order valence-electron chi connectivity index (χ3n) is 1.75. The summed E-state index contributed by atoms with van der Waals surface area (Å²) in [4.78, 5) is 0. The van der Waals surface area contributed by atoms with Gasteiger partial charge in [-0.05, 0) is 12.8 Å². The van der Waals surface area contributed by atoms with E-state index in [9.17, 15) is 0 Å². The van der Waals surface area contributed by atoms with Crippen LogP contribution in [-0.4, -0.2) is 13.2 Å². The molecule has 0 aliphatic carbocycles. The van der Waals surface area contributed by atoms with E-state index in [-0.39, 0.29) is 0 Å². The molecular weight excluding hydrogens is 104 g/mol. The first kappa shape index (κ1) is 4.77. The summed E-state index contributed by atoms with van der Waals surface area (Å²) in [6, 6.07) is 0. The third-order valence-corrected chi connectivity index (χ3v) is 1.75. The zero-order chi connectivity index (χ0) is 5.40. The Labute approximate surface area is 48.8 Å². The molecule has 0 spiro atoms. The fraction of sp³-hybridized carbons (Fsp3) is 0.833. The molecule has 2 nitrogen and oxygen atoms in total. The Bertz CT molecular complexity index is 72.5. The molecule has 2 saturated heterocycles. The molecule has 1 radical (unpaired) electrons. The van der Waals surface area contributed by atoms with Crippen molar-refractivity contribution in [3.05, 3.63) is 6.29 Å². The van der Waals surface area contributed by atoms with Crippen LogP contribution in [0.5, 0.6) is 0 Å². The highest BCUT2D eigenvalue weighted by molar-refractivity contribution is 4.87. The molecule has 0 aromatic heterocycles. The molecule has 0 amide bonds. The van der Waals surface area contributed by atoms with Gasteiger partial charge in [0.05, 0.1) is 13.2 Å². The molecule has 2 aliphatic heterocycles. The SMILES string of the molecule is C1CC2CCO[C]2O1. The molecule has 2 fully saturated rings. The van der Waals surface area contributed by atoms with Gasteiger partial charge in [0.1, 0.15) is 0 Å². The van der Waals surface area contributed by atoms with Gasteiger partial charge in [0.15, 0.2) is 0 Å². The van der Waals surface area contributed by atoms with Crippen molar-refractivity contribution in [3.8, 4) is 0 Å². The van der Waals surface area contributed by atoms with Gasteiger partial charge in [-0.25, -0.2) is 0 Å². The second-order valence-corrected chi connectivity index (χ2v) is 2.29. The molecule has 2 rings (SSSR count). The van der Waals surface area contributed by atoms with Crippen molar-refractivity contribution >= 4 is 0 Å². The van der Waals surface area contributed by atoms with Crippen LogP contribution in [0, 0.1) is 12.2 Å². The van der Waals surface area contributed by atoms with Crippen LogP contribution in [0.1, 0.15) is 12.8 Å². The Balaban J connectivity index is 2.04. The van der Waals surface area contributed by atoms with Crippen molar-refractivity contribution in [2.24, 2.45) is 5.92 Å². The lowest BCUT2D eigenvalue weighted by molar-refractivity contribution is 0.00875. The minimum absolute atomic E-state index is 0.648. The van der Waals surface area contributed by atoms with E-state index >= 15 is 0 Å². The molecule has 0 aromatic carbocycles. The number of ether oxygens (including phenoxy) is 2. The van der Waals surface area contributed by atoms with E-state index in [0.717, 1.165) is 19.5 Å². The van der Waals surface area contributed by atoms with Crippen LogP contribution in [0.2, 0.25) is 0 Å². The Kier molecular flexibility index (Phi) is 1.02. The van der Waals surface area contributed by atoms with Crippen LogP contribution < -0.4 is 0 Å². The van der Waals surface area contributed by atoms with Crippen molar-refractivity contribution in [1.82, 2.24) is 0 Å². The van der Waals surface area contributed by atoms with Crippen LogP contribution in [0.25, 0.3) is 0 Å². The Morgan fingerprint density at radius 2 is 1.75 bits per heavy atom. The first-order valence-electron chi connectivity index (χ1n) is 3.09. The van der Waals surface area contributed by atoms with E-state index < -0.39 is 0 Å². The van der Waals surface area contributed by atoms with Crippen molar-refractivity contribution in [1.29, 1.82) is 0 Å². The van der Waals surface area contributed by atoms with Gasteiger partial charge in [0.25, 0.3) is 0 Å². The molecule has 8 heavy (non-hydrogen) atoms. The summed E-state index contributed by atoms with van der Waals surface area (Å²) in [6.45, 7) is 1.75. The van der Waals surface area contributed by atoms with E-state index in [1.54, 1.807) is 0 Å². The maximum Gasteiger partial charge on any atom is 0.227 e. The molecule has 2 heterocycles. The monoisotopic (exact) mass is 113 g/mol. The van der Waals surface area contributed by atoms with Gasteiger partial charge in [0.2, 0.25) is 6.29 Å². The van der Waals surface area contributed by atoms with Crippen molar-refractivity contribution < 1.29 is 9.47 Å². The molecule has 2 heteroatoms. The van der Waals surface area contributed by atoms with E-state index in [2.05, 4.69) is 0 Å². The van der Waals surface area contributed by atoms with Crippen LogP contribution in [-0.2, 0) is 9.47 Å². The Hall–Kier alpha value is -0.0800. The average molecular weight is 113 g/mol. The number of rotatable bonds is 0. The minimum atomic E-state index is 0.648. The molecule has 0 saturated carbocycles. The number of hydrogen-bond donors (Lipinski definition) is 0. The second-order valence-electron chi connectivity index (χ2n) is 2.29. The highest BCUT2D eigenvalue weighted by atomic mass is 16.7. The maximum absolute atomic E-state index is 5.17. The summed E-state index contributed by atoms with van der Waals surface area (Å²) in [5.41, 5.74) is 0. The van der Waals surface area contributed by atoms with Gasteiger partial charge >= 0.3 is 0 Å². The summed E-state index contributed by atoms with van der Waals surface area (Å²) >= 11 is 0. The molecular formula is C6H9O2. The lowest BCUT2D eigenvalue weighted by Gasteiger charge is -2.01. The van der Waals surface area contributed by atoms with Gasteiger partial charge in [-0.15, -0.1) is 0 Å². The lowest BCUT2D eigenvalue weighted by Crippen LogP contribution is -1.97. The topological polar surface area (TPSA) is 18.5 Å². The molecule has 0 bridgehead atoms. The van der Waals surface area contributed by atoms with E-state index in [1.807, 2.05) is 0 Å². The minimum Gasteiger partial charge on any atom is -0.345 e. The highest BCUT2D eigenvalue weighted by Crippen LogP contribution is 2.36. The van der Waals surface area contributed by atoms with Crippen LogP contribution in [0.4, 0.5) is 0 Å². The zero-order valence-electron chi connectivity index (χ0n) is 4.72. The average Bonchev–Trinajstić information content (AvgIpc) is 2.15. The van der Waals surface area contributed by atoms with Gasteiger partial charge in [-0.1, -0.05) is 0 Å². The molecule has 0 atom stereocenters. The Morgan fingerprint density at radius 3 is 2.25 bits per heavy atom. The van der Waals surface area contributed by atoms with Crippen LogP contribution >= 0.6 is 0 Å². The smallest absolute Gasteiger partial charge is 0.227 e. The normalized spacial score (nSPS) is 31.5. The van der Waals surface area contributed by atoms with Gasteiger partial charge in [-0.2, -0.15) is 0 Å². The van der Waals surface area contributed by atoms with Crippen molar-refractivity contribution in [2.45, 2.75) is 12.8 Å². The lowest BCUT2D eigenvalue weighted by atomic mass is 10.1. The fourth-order valence-electron chi connectivity index (χ4n) is 1.26. The molecule has 45 valence electrons. The predicted molar refractivity (Wildman–Crippen MR) is 27.9 cm³/mol. The quantitative estimate of drug-likeness (QED) is 0.465. The summed E-state index contributed by atoms with van der Waals surface area (Å²) in [6.07, 6.45) is 3.26. The summed E-state index contributed by atoms with van der Waals surface area (Å²) in [7, 11) is 0. The third kappa shape index (κ3) is 0.565. The summed E-state index contributed by atoms with van der Waals surface area (Å²) in [5, 5.41) is 0. The number of hydrogen-bond acceptors (Lipinski definition) is 2. The van der Waals surface area contributed by atoms with E-state index in [0.29, 0.717) is 5.92 Å². The Morgan fingerprint density at radius 1 is 1.12 bits per heavy atom. The summed E-state index contributed by atoms with van der Waals surface area (Å²) in [5.74, 6) is 0.648. The highest BCUT2D eigenvalue weighted by Gasteiger charge is 2.35. The predicted octanol–water partition coefficient (Wildman–Crippen LogP) is 0.933. The fourth-order valence-corrected chi connectivity index (χ4v) is 1.26. The largest absolute Gasteiger partial charge is 0.345 e. The van der Waals surface area contributed by atoms with Crippen LogP contribution in [0.3, 0.4) is 0 Å². The molecule has 0 unspecified atom stereocenters. The van der Waals surface area contributed by atoms with Gasteiger partial charge < -0.3 is 9.47 Å². The van der Waals surface area contributed by atoms with Crippen molar-refractivity contribution in [2.75, 3.05) is 13.2 Å². The second kappa shape index (κ2) is 1.71. The summed E-state index contributed by atoms with van der Waals surface area (Å²) < 4.78 is 10.3. The molecule has 2 aliphatic rings. The van der Waals surface area contributed by atoms with E-state index in [1.165, 1.54) is 12.8 Å². The molecule has 0 N–H and O–H groups in total. The van der Waals surface area contributed by atoms with E-state index in [4.69, 9.17) is 9.47 Å².